The number of carbonyl (C=O) groups excluding carboxylic acids is 1. The van der Waals surface area contributed by atoms with Crippen molar-refractivity contribution in [2.45, 2.75) is 6.04 Å². The molecule has 0 aliphatic heterocycles. The van der Waals surface area contributed by atoms with Crippen molar-refractivity contribution in [3.05, 3.63) is 46.4 Å². The number of nitrogens with one attached hydrogen (secondary N) is 1. The number of methoxy groups -OCH3 is 1. The van der Waals surface area contributed by atoms with E-state index in [-0.39, 0.29) is 5.56 Å². The van der Waals surface area contributed by atoms with Crippen molar-refractivity contribution in [1.29, 1.82) is 0 Å². The maximum atomic E-state index is 12.2. The van der Waals surface area contributed by atoms with Crippen LogP contribution in [0.2, 0.25) is 0 Å². The van der Waals surface area contributed by atoms with Crippen molar-refractivity contribution >= 4 is 23.2 Å². The van der Waals surface area contributed by atoms with Gasteiger partial charge in [0.15, 0.2) is 6.04 Å². The van der Waals surface area contributed by atoms with Gasteiger partial charge in [-0.25, -0.2) is 4.79 Å². The third kappa shape index (κ3) is 2.94. The fourth-order valence-electron chi connectivity index (χ4n) is 1.65. The molecule has 0 aliphatic carbocycles. The van der Waals surface area contributed by atoms with Crippen LogP contribution in [0.4, 0.5) is 0 Å². The number of aromatic nitrogens is 1. The van der Waals surface area contributed by atoms with E-state index in [4.69, 9.17) is 4.74 Å². The van der Waals surface area contributed by atoms with E-state index in [2.05, 4.69) is 10.3 Å². The van der Waals surface area contributed by atoms with Crippen LogP contribution in [0.25, 0.3) is 0 Å². The smallest absolute Gasteiger partial charge is 0.331 e. The number of hydrogen-bond acceptors (Lipinski definition) is 5. The summed E-state index contributed by atoms with van der Waals surface area (Å²) in [5, 5.41) is 13.4. The van der Waals surface area contributed by atoms with Gasteiger partial charge in [-0.05, 0) is 17.5 Å². The maximum absolute atomic E-state index is 12.2. The highest BCUT2D eigenvalue weighted by Gasteiger charge is 2.24. The zero-order chi connectivity index (χ0) is 14.5. The predicted molar refractivity (Wildman–Crippen MR) is 73.0 cm³/mol. The number of ether oxygens (including phenoxy) is 1. The lowest BCUT2D eigenvalue weighted by Crippen LogP contribution is -2.33. The van der Waals surface area contributed by atoms with Gasteiger partial charge in [0, 0.05) is 11.1 Å². The third-order valence-corrected chi connectivity index (χ3v) is 3.54. The van der Waals surface area contributed by atoms with Crippen LogP contribution in [-0.2, 0) is 4.79 Å². The molecule has 6 nitrogen and oxygen atoms in total. The van der Waals surface area contributed by atoms with Crippen LogP contribution < -0.4 is 10.1 Å². The molecular weight excluding hydrogens is 280 g/mol. The number of carboxylic acids is 1. The van der Waals surface area contributed by atoms with Crippen molar-refractivity contribution < 1.29 is 19.4 Å². The van der Waals surface area contributed by atoms with Crippen LogP contribution >= 0.6 is 11.3 Å². The molecule has 0 aliphatic rings. The quantitative estimate of drug-likeness (QED) is 0.875. The highest BCUT2D eigenvalue weighted by molar-refractivity contribution is 7.10. The average molecular weight is 292 g/mol. The van der Waals surface area contributed by atoms with Gasteiger partial charge in [-0.3, -0.25) is 9.78 Å². The highest BCUT2D eigenvalue weighted by atomic mass is 32.1. The molecule has 1 unspecified atom stereocenters. The number of carbonyl (C=O) groups is 2. The van der Waals surface area contributed by atoms with Crippen LogP contribution in [0, 0.1) is 0 Å². The predicted octanol–water partition coefficient (Wildman–Crippen LogP) is 1.71. The summed E-state index contributed by atoms with van der Waals surface area (Å²) in [6.45, 7) is 0. The summed E-state index contributed by atoms with van der Waals surface area (Å²) < 4.78 is 5.03. The number of nitrogens with zero attached hydrogens (tertiary/aromatic N) is 1. The fraction of sp³-hybridized carbons (Fsp3) is 0.154. The Kier molecular flexibility index (Phi) is 4.31. The molecule has 20 heavy (non-hydrogen) atoms. The number of carboxylic acid groups (broad SMARTS) is 1. The Morgan fingerprint density at radius 2 is 2.25 bits per heavy atom. The van der Waals surface area contributed by atoms with Crippen molar-refractivity contribution in [2.24, 2.45) is 0 Å². The summed E-state index contributed by atoms with van der Waals surface area (Å²) in [5.74, 6) is -1.35. The van der Waals surface area contributed by atoms with Gasteiger partial charge < -0.3 is 15.2 Å². The molecule has 2 rings (SSSR count). The minimum absolute atomic E-state index is 0.241. The standard InChI is InChI=1S/C13H12N2O4S/c1-19-9-7-14-5-4-8(9)12(16)15-11(13(17)18)10-3-2-6-20-10/h2-7,11H,1H3,(H,15,16)(H,17,18). The van der Waals surface area contributed by atoms with E-state index in [9.17, 15) is 14.7 Å². The monoisotopic (exact) mass is 292 g/mol. The van der Waals surface area contributed by atoms with Crippen molar-refractivity contribution in [3.63, 3.8) is 0 Å². The van der Waals surface area contributed by atoms with E-state index >= 15 is 0 Å². The Bertz CT molecular complexity index is 613. The SMILES string of the molecule is COc1cnccc1C(=O)NC(C(=O)O)c1cccs1. The second-order valence-electron chi connectivity index (χ2n) is 3.84. The lowest BCUT2D eigenvalue weighted by molar-refractivity contribution is -0.139. The van der Waals surface area contributed by atoms with Gasteiger partial charge in [0.05, 0.1) is 18.9 Å². The van der Waals surface area contributed by atoms with Gasteiger partial charge in [-0.1, -0.05) is 6.07 Å². The van der Waals surface area contributed by atoms with Gasteiger partial charge in [0.25, 0.3) is 5.91 Å². The minimum Gasteiger partial charge on any atom is -0.494 e. The molecule has 2 aromatic rings. The van der Waals surface area contributed by atoms with E-state index in [0.29, 0.717) is 10.6 Å². The minimum atomic E-state index is -1.12. The van der Waals surface area contributed by atoms with E-state index in [1.165, 1.54) is 36.9 Å². The molecule has 2 heterocycles. The topological polar surface area (TPSA) is 88.5 Å². The first-order valence-corrected chi connectivity index (χ1v) is 6.56. The number of hydrogen-bond donors (Lipinski definition) is 2. The number of pyridine rings is 1. The molecule has 0 bridgehead atoms. The zero-order valence-corrected chi connectivity index (χ0v) is 11.4. The molecule has 0 fully saturated rings. The van der Waals surface area contributed by atoms with Crippen LogP contribution in [0.5, 0.6) is 5.75 Å². The van der Waals surface area contributed by atoms with Gasteiger partial charge in [-0.2, -0.15) is 0 Å². The third-order valence-electron chi connectivity index (χ3n) is 2.60. The molecule has 2 N–H and O–H groups in total. The van der Waals surface area contributed by atoms with Crippen molar-refractivity contribution in [2.75, 3.05) is 7.11 Å². The average Bonchev–Trinajstić information content (AvgIpc) is 2.97. The van der Waals surface area contributed by atoms with Crippen LogP contribution in [0.1, 0.15) is 21.3 Å². The molecule has 0 spiro atoms. The number of amides is 1. The highest BCUT2D eigenvalue weighted by Crippen LogP contribution is 2.21. The molecule has 1 atom stereocenters. The first-order chi connectivity index (χ1) is 9.63. The summed E-state index contributed by atoms with van der Waals surface area (Å²) in [4.78, 5) is 27.8. The normalized spacial score (nSPS) is 11.7. The Morgan fingerprint density at radius 3 is 2.85 bits per heavy atom. The summed E-state index contributed by atoms with van der Waals surface area (Å²) >= 11 is 1.27. The van der Waals surface area contributed by atoms with Gasteiger partial charge in [0.1, 0.15) is 5.75 Å². The van der Waals surface area contributed by atoms with E-state index in [1.807, 2.05) is 0 Å². The first-order valence-electron chi connectivity index (χ1n) is 5.68. The number of aliphatic carboxylic acids is 1. The molecule has 104 valence electrons. The molecule has 0 radical (unpaired) electrons. The second-order valence-corrected chi connectivity index (χ2v) is 4.82. The van der Waals surface area contributed by atoms with Crippen molar-refractivity contribution in [3.8, 4) is 5.75 Å². The molecule has 0 saturated carbocycles. The first kappa shape index (κ1) is 14.0. The maximum Gasteiger partial charge on any atom is 0.331 e. The van der Waals surface area contributed by atoms with Crippen molar-refractivity contribution in [1.82, 2.24) is 10.3 Å². The Balaban J connectivity index is 2.23. The Labute approximate surface area is 119 Å². The van der Waals surface area contributed by atoms with E-state index in [1.54, 1.807) is 17.5 Å². The lowest BCUT2D eigenvalue weighted by Gasteiger charge is -2.14. The molecule has 0 saturated heterocycles. The molecule has 2 aromatic heterocycles. The fourth-order valence-corrected chi connectivity index (χ4v) is 2.42. The van der Waals surface area contributed by atoms with Gasteiger partial charge in [-0.15, -0.1) is 11.3 Å². The zero-order valence-electron chi connectivity index (χ0n) is 10.6. The molecule has 0 aromatic carbocycles. The summed E-state index contributed by atoms with van der Waals surface area (Å²) in [6, 6.07) is 3.78. The summed E-state index contributed by atoms with van der Waals surface area (Å²) in [7, 11) is 1.42. The Morgan fingerprint density at radius 1 is 1.45 bits per heavy atom. The van der Waals surface area contributed by atoms with Crippen LogP contribution in [0.15, 0.2) is 36.0 Å². The molecule has 7 heteroatoms. The summed E-state index contributed by atoms with van der Waals surface area (Å²) in [6.07, 6.45) is 2.84. The van der Waals surface area contributed by atoms with Gasteiger partial charge in [0.2, 0.25) is 0 Å². The number of thiophene rings is 1. The number of rotatable bonds is 5. The lowest BCUT2D eigenvalue weighted by atomic mass is 10.2. The largest absolute Gasteiger partial charge is 0.494 e. The van der Waals surface area contributed by atoms with Crippen LogP contribution in [0.3, 0.4) is 0 Å². The van der Waals surface area contributed by atoms with E-state index in [0.717, 1.165) is 0 Å². The van der Waals surface area contributed by atoms with E-state index < -0.39 is 17.9 Å². The molecule has 1 amide bonds. The van der Waals surface area contributed by atoms with Crippen LogP contribution in [-0.4, -0.2) is 29.1 Å². The summed E-state index contributed by atoms with van der Waals surface area (Å²) in [5.41, 5.74) is 0.241. The second kappa shape index (κ2) is 6.16. The molecular formula is C13H12N2O4S. The Hall–Kier alpha value is -2.41. The van der Waals surface area contributed by atoms with Gasteiger partial charge >= 0.3 is 5.97 Å².